The monoisotopic (exact) mass is 439 g/mol. The van der Waals surface area contributed by atoms with Gasteiger partial charge in [-0.2, -0.15) is 5.26 Å². The van der Waals surface area contributed by atoms with Crippen molar-refractivity contribution in [1.29, 1.82) is 5.26 Å². The average Bonchev–Trinajstić information content (AvgIpc) is 3.08. The summed E-state index contributed by atoms with van der Waals surface area (Å²) in [5.74, 6) is -2.67. The van der Waals surface area contributed by atoms with Gasteiger partial charge in [0.2, 0.25) is 5.43 Å². The number of rotatable bonds is 3. The van der Waals surface area contributed by atoms with Crippen molar-refractivity contribution in [3.8, 4) is 6.07 Å². The maximum atomic E-state index is 15.4. The van der Waals surface area contributed by atoms with Crippen LogP contribution in [-0.4, -0.2) is 54.0 Å². The molecule has 1 aromatic carbocycles. The van der Waals surface area contributed by atoms with Crippen molar-refractivity contribution in [2.24, 2.45) is 0 Å². The van der Waals surface area contributed by atoms with Gasteiger partial charge in [-0.3, -0.25) is 4.79 Å². The van der Waals surface area contributed by atoms with Gasteiger partial charge in [0.25, 0.3) is 0 Å². The third-order valence-corrected chi connectivity index (χ3v) is 5.46. The smallest absolute Gasteiger partial charge is 0.341 e. The number of carbonyl (C=O) groups is 1. The standard InChI is InChI=1S/C20H19FN4O4.ClH/c21-14-5-11-17(25(10-1-2-10)7-13(19(11)26)20(27)28)12(6-22)18(14)24-8-15-16(9-24)29-4-3-23-15;/h5,7,10,15-16,23H,1-4,8-9H2,(H,27,28);1H/t15-,16-;/m0./s1/i1D2,2D2,10D;. The van der Waals surface area contributed by atoms with Crippen molar-refractivity contribution >= 4 is 35.0 Å². The van der Waals surface area contributed by atoms with Crippen LogP contribution < -0.4 is 15.6 Å². The van der Waals surface area contributed by atoms with E-state index in [4.69, 9.17) is 11.6 Å². The molecule has 8 nitrogen and oxygen atoms in total. The van der Waals surface area contributed by atoms with E-state index in [2.05, 4.69) is 5.32 Å². The molecule has 1 aromatic heterocycles. The number of halogens is 2. The molecule has 2 atom stereocenters. The minimum Gasteiger partial charge on any atom is -0.477 e. The molecular formula is C20H20ClFN4O4. The summed E-state index contributed by atoms with van der Waals surface area (Å²) in [6, 6.07) is -0.234. The number of nitriles is 1. The molecule has 0 unspecified atom stereocenters. The predicted octanol–water partition coefficient (Wildman–Crippen LogP) is 1.64. The molecule has 158 valence electrons. The second-order valence-electron chi connectivity index (χ2n) is 7.11. The fraction of sp³-hybridized carbons (Fsp3) is 0.450. The van der Waals surface area contributed by atoms with Crippen LogP contribution >= 0.6 is 12.4 Å². The van der Waals surface area contributed by atoms with Crippen LogP contribution in [0.5, 0.6) is 0 Å². The van der Waals surface area contributed by atoms with Crippen LogP contribution in [0.3, 0.4) is 0 Å². The molecule has 30 heavy (non-hydrogen) atoms. The van der Waals surface area contributed by atoms with E-state index >= 15 is 4.39 Å². The number of fused-ring (bicyclic) bond motifs is 2. The van der Waals surface area contributed by atoms with E-state index in [9.17, 15) is 20.0 Å². The SMILES string of the molecule is Cl.[2H]C1([2H])C([2H])([2H])C1([2H])n1cc(C(=O)O)c(=O)c2cc(F)c(N3C[C@@H]4NCCO[C@H]4C3)c(C#N)c21. The predicted molar refractivity (Wildman–Crippen MR) is 109 cm³/mol. The third kappa shape index (κ3) is 3.12. The Labute approximate surface area is 184 Å². The van der Waals surface area contributed by atoms with Gasteiger partial charge >= 0.3 is 5.97 Å². The molecule has 10 heteroatoms. The second-order valence-corrected chi connectivity index (χ2v) is 7.11. The highest BCUT2D eigenvalue weighted by Crippen LogP contribution is 2.40. The second kappa shape index (κ2) is 7.54. The molecule has 0 spiro atoms. The maximum Gasteiger partial charge on any atom is 0.341 e. The van der Waals surface area contributed by atoms with Gasteiger partial charge in [0.15, 0.2) is 0 Å². The summed E-state index contributed by atoms with van der Waals surface area (Å²) in [5, 5.41) is 22.2. The summed E-state index contributed by atoms with van der Waals surface area (Å²) >= 11 is 0. The van der Waals surface area contributed by atoms with Crippen molar-refractivity contribution in [2.45, 2.75) is 30.9 Å². The number of nitrogens with zero attached hydrogens (tertiary/aromatic N) is 3. The Balaban J connectivity index is 0.00000289. The number of pyridine rings is 1. The van der Waals surface area contributed by atoms with Crippen molar-refractivity contribution in [1.82, 2.24) is 9.88 Å². The summed E-state index contributed by atoms with van der Waals surface area (Å²) in [7, 11) is 0. The van der Waals surface area contributed by atoms with Crippen LogP contribution in [0, 0.1) is 17.1 Å². The van der Waals surface area contributed by atoms with Crippen molar-refractivity contribution in [3.63, 3.8) is 0 Å². The van der Waals surface area contributed by atoms with E-state index in [1.807, 2.05) is 6.07 Å². The molecule has 0 bridgehead atoms. The Kier molecular flexibility index (Phi) is 3.82. The van der Waals surface area contributed by atoms with Gasteiger partial charge in [0, 0.05) is 37.3 Å². The highest BCUT2D eigenvalue weighted by atomic mass is 35.5. The van der Waals surface area contributed by atoms with Crippen LogP contribution in [-0.2, 0) is 4.74 Å². The van der Waals surface area contributed by atoms with Crippen molar-refractivity contribution < 1.29 is 25.9 Å². The first-order chi connectivity index (χ1) is 15.9. The zero-order chi connectivity index (χ0) is 24.8. The van der Waals surface area contributed by atoms with Gasteiger partial charge in [-0.1, -0.05) is 0 Å². The Morgan fingerprint density at radius 2 is 2.23 bits per heavy atom. The number of aromatic nitrogens is 1. The molecule has 3 fully saturated rings. The van der Waals surface area contributed by atoms with E-state index in [1.54, 1.807) is 4.90 Å². The van der Waals surface area contributed by atoms with Gasteiger partial charge < -0.3 is 24.6 Å². The number of morpholine rings is 1. The van der Waals surface area contributed by atoms with Gasteiger partial charge in [-0.15, -0.1) is 12.4 Å². The van der Waals surface area contributed by atoms with Crippen LogP contribution in [0.4, 0.5) is 10.1 Å². The third-order valence-electron chi connectivity index (χ3n) is 5.46. The number of ether oxygens (including phenoxy) is 1. The molecule has 0 amide bonds. The van der Waals surface area contributed by atoms with Crippen LogP contribution in [0.2, 0.25) is 0 Å². The van der Waals surface area contributed by atoms with E-state index in [0.29, 0.717) is 23.9 Å². The molecule has 1 aliphatic carbocycles. The number of aromatic carboxylic acids is 1. The first-order valence-corrected chi connectivity index (χ1v) is 9.04. The summed E-state index contributed by atoms with van der Waals surface area (Å²) in [6.45, 7) is 1.56. The topological polar surface area (TPSA) is 108 Å². The molecule has 1 saturated carbocycles. The number of benzene rings is 1. The highest BCUT2D eigenvalue weighted by Gasteiger charge is 2.38. The van der Waals surface area contributed by atoms with Crippen molar-refractivity contribution in [2.75, 3.05) is 31.1 Å². The lowest BCUT2D eigenvalue weighted by molar-refractivity contribution is 0.0212. The van der Waals surface area contributed by atoms with Crippen LogP contribution in [0.25, 0.3) is 10.9 Å². The first-order valence-electron chi connectivity index (χ1n) is 11.5. The number of carboxylic acids is 1. The lowest BCUT2D eigenvalue weighted by Crippen LogP contribution is -2.47. The zero-order valence-corrected chi connectivity index (χ0v) is 16.3. The van der Waals surface area contributed by atoms with E-state index in [-0.39, 0.29) is 43.3 Å². The summed E-state index contributed by atoms with van der Waals surface area (Å²) in [4.78, 5) is 26.1. The molecule has 3 aliphatic rings. The molecular weight excluding hydrogens is 415 g/mol. The lowest BCUT2D eigenvalue weighted by Gasteiger charge is -2.25. The Morgan fingerprint density at radius 3 is 2.87 bits per heavy atom. The largest absolute Gasteiger partial charge is 0.477 e. The molecule has 0 radical (unpaired) electrons. The number of hydrogen-bond acceptors (Lipinski definition) is 6. The number of nitrogens with one attached hydrogen (secondary N) is 1. The van der Waals surface area contributed by atoms with Gasteiger partial charge in [0.1, 0.15) is 23.0 Å². The quantitative estimate of drug-likeness (QED) is 0.748. The van der Waals surface area contributed by atoms with Crippen molar-refractivity contribution in [3.05, 3.63) is 39.4 Å². The summed E-state index contributed by atoms with van der Waals surface area (Å²) in [6.07, 6.45) is -5.17. The Hall–Kier alpha value is -2.67. The van der Waals surface area contributed by atoms with E-state index in [0.717, 1.165) is 6.07 Å². The molecule has 2 saturated heterocycles. The van der Waals surface area contributed by atoms with Crippen LogP contribution in [0.1, 0.15) is 41.5 Å². The minimum atomic E-state index is -2.78. The Bertz CT molecular complexity index is 1340. The molecule has 2 aromatic rings. The van der Waals surface area contributed by atoms with Gasteiger partial charge in [-0.25, -0.2) is 9.18 Å². The lowest BCUT2D eigenvalue weighted by atomic mass is 10.0. The number of anilines is 1. The minimum absolute atomic E-state index is 0. The van der Waals surface area contributed by atoms with E-state index < -0.39 is 58.0 Å². The summed E-state index contributed by atoms with van der Waals surface area (Å²) in [5.41, 5.74) is -3.01. The fourth-order valence-electron chi connectivity index (χ4n) is 4.12. The molecule has 3 heterocycles. The average molecular weight is 440 g/mol. The normalized spacial score (nSPS) is 29.9. The first kappa shape index (κ1) is 15.2. The number of carboxylic acid groups (broad SMARTS) is 1. The molecule has 2 N–H and O–H groups in total. The van der Waals surface area contributed by atoms with E-state index in [1.165, 1.54) is 0 Å². The summed E-state index contributed by atoms with van der Waals surface area (Å²) < 4.78 is 62.4. The van der Waals surface area contributed by atoms with Gasteiger partial charge in [0.05, 0.1) is 36.7 Å². The van der Waals surface area contributed by atoms with Gasteiger partial charge in [-0.05, 0) is 18.8 Å². The molecule has 2 aliphatic heterocycles. The highest BCUT2D eigenvalue weighted by molar-refractivity contribution is 5.96. The fourth-order valence-corrected chi connectivity index (χ4v) is 4.12. The molecule has 5 rings (SSSR count). The Morgan fingerprint density at radius 1 is 1.47 bits per heavy atom. The van der Waals surface area contributed by atoms with Crippen LogP contribution in [0.15, 0.2) is 17.1 Å². The maximum absolute atomic E-state index is 15.4. The zero-order valence-electron chi connectivity index (χ0n) is 20.4. The number of hydrogen-bond donors (Lipinski definition) is 2.